The van der Waals surface area contributed by atoms with Crippen LogP contribution < -0.4 is 18.9 Å². The maximum Gasteiger partial charge on any atom is 0.343 e. The number of esters is 1. The van der Waals surface area contributed by atoms with Gasteiger partial charge in [0.1, 0.15) is 11.5 Å². The first-order chi connectivity index (χ1) is 14.6. The van der Waals surface area contributed by atoms with Crippen molar-refractivity contribution in [2.24, 2.45) is 0 Å². The maximum atomic E-state index is 12.7. The number of benzene rings is 3. The van der Waals surface area contributed by atoms with Crippen molar-refractivity contribution in [2.45, 2.75) is 0 Å². The number of fused-ring (bicyclic) bond motifs is 1. The predicted molar refractivity (Wildman–Crippen MR) is 110 cm³/mol. The molecule has 0 N–H and O–H groups in total. The van der Waals surface area contributed by atoms with Crippen molar-refractivity contribution in [1.82, 2.24) is 0 Å². The second-order valence-corrected chi connectivity index (χ2v) is 6.47. The average molecular weight is 402 g/mol. The molecule has 0 atom stereocenters. The number of hydrogen-bond acceptors (Lipinski definition) is 6. The Morgan fingerprint density at radius 1 is 0.900 bits per heavy atom. The largest absolute Gasteiger partial charge is 0.493 e. The zero-order chi connectivity index (χ0) is 21.1. The first-order valence-corrected chi connectivity index (χ1v) is 9.16. The Labute approximate surface area is 173 Å². The van der Waals surface area contributed by atoms with Gasteiger partial charge in [-0.2, -0.15) is 0 Å². The summed E-state index contributed by atoms with van der Waals surface area (Å²) in [4.78, 5) is 24.9. The van der Waals surface area contributed by atoms with Crippen LogP contribution in [0.4, 0.5) is 0 Å². The summed E-state index contributed by atoms with van der Waals surface area (Å²) in [5.74, 6) is 1.20. The number of ether oxygens (including phenoxy) is 4. The minimum Gasteiger partial charge on any atom is -0.493 e. The minimum atomic E-state index is -0.485. The summed E-state index contributed by atoms with van der Waals surface area (Å²) in [6.45, 7) is 0. The van der Waals surface area contributed by atoms with E-state index in [2.05, 4.69) is 0 Å². The SMILES string of the molecule is COc1ccc(C=C2Oc3cc(OC(=O)c4ccccc4)ccc3C2=O)cc1OC. The van der Waals surface area contributed by atoms with E-state index >= 15 is 0 Å². The molecule has 0 fully saturated rings. The molecule has 30 heavy (non-hydrogen) atoms. The van der Waals surface area contributed by atoms with Crippen LogP contribution in [0, 0.1) is 0 Å². The number of carbonyl (C=O) groups is 2. The lowest BCUT2D eigenvalue weighted by molar-refractivity contribution is 0.0734. The van der Waals surface area contributed by atoms with Gasteiger partial charge in [-0.25, -0.2) is 4.79 Å². The molecule has 0 unspecified atom stereocenters. The molecule has 3 aromatic carbocycles. The second-order valence-electron chi connectivity index (χ2n) is 6.47. The van der Waals surface area contributed by atoms with Gasteiger partial charge in [0.15, 0.2) is 17.3 Å². The Balaban J connectivity index is 1.56. The monoisotopic (exact) mass is 402 g/mol. The lowest BCUT2D eigenvalue weighted by Gasteiger charge is -2.08. The van der Waals surface area contributed by atoms with Crippen LogP contribution in [0.1, 0.15) is 26.3 Å². The van der Waals surface area contributed by atoms with E-state index in [1.165, 1.54) is 6.07 Å². The van der Waals surface area contributed by atoms with Gasteiger partial charge in [0.2, 0.25) is 5.78 Å². The molecule has 6 nitrogen and oxygen atoms in total. The van der Waals surface area contributed by atoms with Crippen LogP contribution in [0.2, 0.25) is 0 Å². The molecule has 0 radical (unpaired) electrons. The smallest absolute Gasteiger partial charge is 0.343 e. The van der Waals surface area contributed by atoms with E-state index in [0.717, 1.165) is 5.56 Å². The number of rotatable bonds is 5. The average Bonchev–Trinajstić information content (AvgIpc) is 3.08. The van der Waals surface area contributed by atoms with Gasteiger partial charge in [0, 0.05) is 6.07 Å². The Hall–Kier alpha value is -4.06. The molecule has 1 aliphatic heterocycles. The molecule has 0 aromatic heterocycles. The second kappa shape index (κ2) is 8.13. The summed E-state index contributed by atoms with van der Waals surface area (Å²) in [6.07, 6.45) is 1.62. The summed E-state index contributed by atoms with van der Waals surface area (Å²) < 4.78 is 21.6. The Morgan fingerprint density at radius 3 is 2.40 bits per heavy atom. The van der Waals surface area contributed by atoms with Gasteiger partial charge >= 0.3 is 5.97 Å². The third kappa shape index (κ3) is 3.75. The molecule has 0 spiro atoms. The van der Waals surface area contributed by atoms with E-state index in [0.29, 0.717) is 34.1 Å². The molecule has 0 saturated carbocycles. The van der Waals surface area contributed by atoms with Crippen LogP contribution >= 0.6 is 0 Å². The molecule has 150 valence electrons. The third-order valence-electron chi connectivity index (χ3n) is 4.57. The lowest BCUT2D eigenvalue weighted by Crippen LogP contribution is -2.08. The minimum absolute atomic E-state index is 0.170. The van der Waals surface area contributed by atoms with Gasteiger partial charge in [0.05, 0.1) is 25.3 Å². The lowest BCUT2D eigenvalue weighted by atomic mass is 10.1. The van der Waals surface area contributed by atoms with E-state index in [-0.39, 0.29) is 11.5 Å². The quantitative estimate of drug-likeness (QED) is 0.355. The molecular weight excluding hydrogens is 384 g/mol. The standard InChI is InChI=1S/C24H18O6/c1-27-19-11-8-15(12-21(19)28-2)13-22-23(25)18-10-9-17(14-20(18)30-22)29-24(26)16-6-4-3-5-7-16/h3-14H,1-2H3. The number of Topliss-reactive ketones (excluding diaryl/α,β-unsaturated/α-hetero) is 1. The Morgan fingerprint density at radius 2 is 1.67 bits per heavy atom. The summed E-state index contributed by atoms with van der Waals surface area (Å²) in [6, 6.07) is 18.6. The van der Waals surface area contributed by atoms with Crippen LogP contribution in [0.3, 0.4) is 0 Å². The molecule has 0 bridgehead atoms. The Kier molecular flexibility index (Phi) is 5.22. The number of allylic oxidation sites excluding steroid dienone is 1. The zero-order valence-corrected chi connectivity index (χ0v) is 16.4. The molecule has 0 aliphatic carbocycles. The summed E-state index contributed by atoms with van der Waals surface area (Å²) in [5, 5.41) is 0. The molecule has 1 aliphatic rings. The predicted octanol–water partition coefficient (Wildman–Crippen LogP) is 4.54. The van der Waals surface area contributed by atoms with Crippen molar-refractivity contribution in [1.29, 1.82) is 0 Å². The number of methoxy groups -OCH3 is 2. The fourth-order valence-corrected chi connectivity index (χ4v) is 3.06. The van der Waals surface area contributed by atoms with Crippen LogP contribution in [-0.2, 0) is 0 Å². The highest BCUT2D eigenvalue weighted by Crippen LogP contribution is 2.36. The van der Waals surface area contributed by atoms with Crippen molar-refractivity contribution >= 4 is 17.8 Å². The summed E-state index contributed by atoms with van der Waals surface area (Å²) in [7, 11) is 3.10. The fourth-order valence-electron chi connectivity index (χ4n) is 3.06. The summed E-state index contributed by atoms with van der Waals surface area (Å²) >= 11 is 0. The van der Waals surface area contributed by atoms with E-state index in [1.54, 1.807) is 74.9 Å². The van der Waals surface area contributed by atoms with Crippen molar-refractivity contribution < 1.29 is 28.5 Å². The molecule has 6 heteroatoms. The zero-order valence-electron chi connectivity index (χ0n) is 16.4. The molecule has 1 heterocycles. The molecule has 0 saturated heterocycles. The van der Waals surface area contributed by atoms with E-state index in [4.69, 9.17) is 18.9 Å². The van der Waals surface area contributed by atoms with Crippen LogP contribution in [0.15, 0.2) is 72.5 Å². The number of carbonyl (C=O) groups excluding carboxylic acids is 2. The number of hydrogen-bond donors (Lipinski definition) is 0. The van der Waals surface area contributed by atoms with Crippen LogP contribution in [0.5, 0.6) is 23.0 Å². The van der Waals surface area contributed by atoms with Crippen molar-refractivity contribution in [3.8, 4) is 23.0 Å². The van der Waals surface area contributed by atoms with Gasteiger partial charge in [-0.3, -0.25) is 4.79 Å². The van der Waals surface area contributed by atoms with Gasteiger partial charge in [-0.1, -0.05) is 24.3 Å². The molecule has 3 aromatic rings. The first-order valence-electron chi connectivity index (χ1n) is 9.16. The molecular formula is C24H18O6. The van der Waals surface area contributed by atoms with E-state index in [9.17, 15) is 9.59 Å². The molecule has 4 rings (SSSR count). The topological polar surface area (TPSA) is 71.1 Å². The summed E-state index contributed by atoms with van der Waals surface area (Å²) in [5.41, 5.74) is 1.56. The van der Waals surface area contributed by atoms with Crippen LogP contribution in [-0.4, -0.2) is 26.0 Å². The Bertz CT molecular complexity index is 1150. The highest BCUT2D eigenvalue weighted by molar-refractivity contribution is 6.14. The maximum absolute atomic E-state index is 12.7. The van der Waals surface area contributed by atoms with Gasteiger partial charge in [-0.15, -0.1) is 0 Å². The van der Waals surface area contributed by atoms with Gasteiger partial charge in [-0.05, 0) is 48.0 Å². The van der Waals surface area contributed by atoms with E-state index < -0.39 is 5.97 Å². The third-order valence-corrected chi connectivity index (χ3v) is 4.57. The van der Waals surface area contributed by atoms with Crippen molar-refractivity contribution in [3.63, 3.8) is 0 Å². The van der Waals surface area contributed by atoms with Crippen LogP contribution in [0.25, 0.3) is 6.08 Å². The van der Waals surface area contributed by atoms with E-state index in [1.807, 2.05) is 6.07 Å². The highest BCUT2D eigenvalue weighted by Gasteiger charge is 2.28. The van der Waals surface area contributed by atoms with Gasteiger partial charge in [0.25, 0.3) is 0 Å². The fraction of sp³-hybridized carbons (Fsp3) is 0.0833. The van der Waals surface area contributed by atoms with Gasteiger partial charge < -0.3 is 18.9 Å². The normalized spacial score (nSPS) is 13.5. The van der Waals surface area contributed by atoms with Crippen molar-refractivity contribution in [2.75, 3.05) is 14.2 Å². The first kappa shape index (κ1) is 19.3. The number of ketones is 1. The molecule has 0 amide bonds. The van der Waals surface area contributed by atoms with Crippen molar-refractivity contribution in [3.05, 3.63) is 89.2 Å². The highest BCUT2D eigenvalue weighted by atomic mass is 16.5.